The highest BCUT2D eigenvalue weighted by molar-refractivity contribution is 7.99. The second-order valence-corrected chi connectivity index (χ2v) is 6.29. The van der Waals surface area contributed by atoms with Gasteiger partial charge in [-0.3, -0.25) is 0 Å². The van der Waals surface area contributed by atoms with Crippen LogP contribution in [0.5, 0.6) is 0 Å². The number of hydrogen-bond donors (Lipinski definition) is 1. The average molecular weight is 233 g/mol. The lowest BCUT2D eigenvalue weighted by atomic mass is 9.81. The molecule has 2 aliphatic rings. The highest BCUT2D eigenvalue weighted by Crippen LogP contribution is 2.39. The van der Waals surface area contributed by atoms with E-state index in [1.807, 2.05) is 11.8 Å². The molecule has 0 radical (unpaired) electrons. The van der Waals surface area contributed by atoms with E-state index in [0.29, 0.717) is 0 Å². The molecule has 1 saturated carbocycles. The second-order valence-electron chi connectivity index (χ2n) is 5.23. The van der Waals surface area contributed by atoms with Gasteiger partial charge >= 0.3 is 0 Å². The molecule has 1 heterocycles. The summed E-state index contributed by atoms with van der Waals surface area (Å²) >= 11 is 2.01. The van der Waals surface area contributed by atoms with Crippen LogP contribution in [0.2, 0.25) is 0 Å². The van der Waals surface area contributed by atoms with Crippen LogP contribution >= 0.6 is 11.8 Å². The van der Waals surface area contributed by atoms with Crippen molar-refractivity contribution in [3.05, 3.63) is 29.8 Å². The van der Waals surface area contributed by atoms with Crippen molar-refractivity contribution in [3.8, 4) is 0 Å². The molecule has 3 rings (SSSR count). The Morgan fingerprint density at radius 1 is 1.31 bits per heavy atom. The van der Waals surface area contributed by atoms with Crippen molar-refractivity contribution in [2.24, 2.45) is 5.92 Å². The average Bonchev–Trinajstić information content (AvgIpc) is 2.66. The molecule has 0 amide bonds. The topological polar surface area (TPSA) is 12.0 Å². The monoisotopic (exact) mass is 233 g/mol. The van der Waals surface area contributed by atoms with Gasteiger partial charge in [-0.15, -0.1) is 11.8 Å². The first-order chi connectivity index (χ1) is 7.83. The predicted molar refractivity (Wildman–Crippen MR) is 70.1 cm³/mol. The Kier molecular flexibility index (Phi) is 2.95. The van der Waals surface area contributed by atoms with Crippen molar-refractivity contribution in [3.63, 3.8) is 0 Å². The van der Waals surface area contributed by atoms with Crippen LogP contribution in [0.4, 0.5) is 0 Å². The lowest BCUT2D eigenvalue weighted by molar-refractivity contribution is 0.240. The maximum atomic E-state index is 3.72. The first kappa shape index (κ1) is 10.7. The molecular weight excluding hydrogens is 214 g/mol. The smallest absolute Gasteiger partial charge is 0.0108 e. The Morgan fingerprint density at radius 3 is 2.94 bits per heavy atom. The fourth-order valence-electron chi connectivity index (χ4n) is 2.78. The number of nitrogens with one attached hydrogen (secondary N) is 1. The van der Waals surface area contributed by atoms with Crippen molar-refractivity contribution in [1.82, 2.24) is 5.32 Å². The molecule has 1 aromatic rings. The molecule has 0 bridgehead atoms. The van der Waals surface area contributed by atoms with E-state index < -0.39 is 0 Å². The van der Waals surface area contributed by atoms with Crippen LogP contribution in [0.15, 0.2) is 29.2 Å². The highest BCUT2D eigenvalue weighted by Gasteiger charge is 2.27. The summed E-state index contributed by atoms with van der Waals surface area (Å²) in [4.78, 5) is 1.50. The van der Waals surface area contributed by atoms with Crippen molar-refractivity contribution in [2.75, 3.05) is 12.3 Å². The molecule has 1 N–H and O–H groups in total. The van der Waals surface area contributed by atoms with Crippen LogP contribution in [-0.4, -0.2) is 18.3 Å². The summed E-state index contributed by atoms with van der Waals surface area (Å²) in [7, 11) is 0. The predicted octanol–water partition coefficient (Wildman–Crippen LogP) is 3.26. The maximum absolute atomic E-state index is 3.72. The van der Waals surface area contributed by atoms with Crippen molar-refractivity contribution < 1.29 is 0 Å². The van der Waals surface area contributed by atoms with E-state index >= 15 is 0 Å². The summed E-state index contributed by atoms with van der Waals surface area (Å²) in [5.74, 6) is 2.94. The minimum atomic E-state index is 0.733. The minimum absolute atomic E-state index is 0.733. The van der Waals surface area contributed by atoms with Crippen LogP contribution in [0.25, 0.3) is 0 Å². The molecule has 0 saturated heterocycles. The zero-order valence-corrected chi connectivity index (χ0v) is 10.6. The van der Waals surface area contributed by atoms with Gasteiger partial charge in [0.05, 0.1) is 0 Å². The number of hydrogen-bond acceptors (Lipinski definition) is 2. The van der Waals surface area contributed by atoms with E-state index in [9.17, 15) is 0 Å². The molecule has 2 heteroatoms. The van der Waals surface area contributed by atoms with E-state index in [2.05, 4.69) is 36.5 Å². The van der Waals surface area contributed by atoms with E-state index in [0.717, 1.165) is 17.9 Å². The van der Waals surface area contributed by atoms with Crippen LogP contribution in [0, 0.1) is 5.92 Å². The summed E-state index contributed by atoms with van der Waals surface area (Å²) in [5.41, 5.74) is 1.56. The SMILES string of the molecule is CC1CC(NCC2CSc3ccccc32)C1. The summed E-state index contributed by atoms with van der Waals surface area (Å²) in [5, 5.41) is 3.72. The summed E-state index contributed by atoms with van der Waals surface area (Å²) in [6.45, 7) is 3.51. The third-order valence-corrected chi connectivity index (χ3v) is 5.08. The fourth-order valence-corrected chi connectivity index (χ4v) is 4.03. The van der Waals surface area contributed by atoms with Gasteiger partial charge in [0.1, 0.15) is 0 Å². The molecule has 1 fully saturated rings. The van der Waals surface area contributed by atoms with Crippen molar-refractivity contribution >= 4 is 11.8 Å². The molecular formula is C14H19NS. The molecule has 1 atom stereocenters. The second kappa shape index (κ2) is 4.42. The van der Waals surface area contributed by atoms with Gasteiger partial charge in [-0.25, -0.2) is 0 Å². The number of rotatable bonds is 3. The van der Waals surface area contributed by atoms with Gasteiger partial charge in [0.25, 0.3) is 0 Å². The van der Waals surface area contributed by atoms with E-state index in [4.69, 9.17) is 0 Å². The Bertz CT molecular complexity index is 371. The highest BCUT2D eigenvalue weighted by atomic mass is 32.2. The molecule has 1 aliphatic carbocycles. The Balaban J connectivity index is 1.57. The number of benzene rings is 1. The zero-order chi connectivity index (χ0) is 11.0. The van der Waals surface area contributed by atoms with Gasteiger partial charge in [-0.1, -0.05) is 25.1 Å². The zero-order valence-electron chi connectivity index (χ0n) is 9.78. The van der Waals surface area contributed by atoms with Gasteiger partial charge in [-0.05, 0) is 30.4 Å². The molecule has 0 aromatic heterocycles. The fraction of sp³-hybridized carbons (Fsp3) is 0.571. The molecule has 1 nitrogen and oxygen atoms in total. The van der Waals surface area contributed by atoms with Crippen LogP contribution in [-0.2, 0) is 0 Å². The molecule has 1 unspecified atom stereocenters. The summed E-state index contributed by atoms with van der Waals surface area (Å²) in [6, 6.07) is 9.67. The lowest BCUT2D eigenvalue weighted by Gasteiger charge is -2.34. The van der Waals surface area contributed by atoms with E-state index in [1.165, 1.54) is 30.0 Å². The van der Waals surface area contributed by atoms with Gasteiger partial charge in [0, 0.05) is 29.2 Å². The maximum Gasteiger partial charge on any atom is 0.0108 e. The Morgan fingerprint density at radius 2 is 2.12 bits per heavy atom. The molecule has 1 aromatic carbocycles. The number of fused-ring (bicyclic) bond motifs is 1. The minimum Gasteiger partial charge on any atom is -0.313 e. The Labute approximate surface area is 102 Å². The lowest BCUT2D eigenvalue weighted by Crippen LogP contribution is -2.41. The summed E-state index contributed by atoms with van der Waals surface area (Å²) in [6.07, 6.45) is 2.75. The molecule has 1 aliphatic heterocycles. The van der Waals surface area contributed by atoms with Gasteiger partial charge in [-0.2, -0.15) is 0 Å². The van der Waals surface area contributed by atoms with Gasteiger partial charge in [0.2, 0.25) is 0 Å². The van der Waals surface area contributed by atoms with Crippen LogP contribution < -0.4 is 5.32 Å². The third-order valence-electron chi connectivity index (χ3n) is 3.83. The van der Waals surface area contributed by atoms with Crippen molar-refractivity contribution in [2.45, 2.75) is 36.6 Å². The van der Waals surface area contributed by atoms with E-state index in [-0.39, 0.29) is 0 Å². The van der Waals surface area contributed by atoms with Crippen molar-refractivity contribution in [1.29, 1.82) is 0 Å². The van der Waals surface area contributed by atoms with Crippen LogP contribution in [0.1, 0.15) is 31.2 Å². The Hall–Kier alpha value is -0.470. The number of thioether (sulfide) groups is 1. The van der Waals surface area contributed by atoms with Crippen LogP contribution in [0.3, 0.4) is 0 Å². The van der Waals surface area contributed by atoms with Gasteiger partial charge < -0.3 is 5.32 Å². The standard InChI is InChI=1S/C14H19NS/c1-10-6-12(7-10)15-8-11-9-16-14-5-3-2-4-13(11)14/h2-5,10-12,15H,6-9H2,1H3. The first-order valence-corrected chi connectivity index (χ1v) is 7.26. The first-order valence-electron chi connectivity index (χ1n) is 6.28. The molecule has 16 heavy (non-hydrogen) atoms. The van der Waals surface area contributed by atoms with Gasteiger partial charge in [0.15, 0.2) is 0 Å². The largest absolute Gasteiger partial charge is 0.313 e. The summed E-state index contributed by atoms with van der Waals surface area (Å²) < 4.78 is 0. The third kappa shape index (κ3) is 2.01. The molecule has 0 spiro atoms. The van der Waals surface area contributed by atoms with E-state index in [1.54, 1.807) is 5.56 Å². The quantitative estimate of drug-likeness (QED) is 0.860. The molecule has 86 valence electrons. The normalized spacial score (nSPS) is 32.2.